The maximum absolute atomic E-state index is 12.3. The third kappa shape index (κ3) is 3.23. The van der Waals surface area contributed by atoms with Crippen molar-refractivity contribution >= 4 is 5.91 Å². The van der Waals surface area contributed by atoms with E-state index < -0.39 is 0 Å². The third-order valence-electron chi connectivity index (χ3n) is 4.60. The summed E-state index contributed by atoms with van der Waals surface area (Å²) >= 11 is 0. The second kappa shape index (κ2) is 5.57. The van der Waals surface area contributed by atoms with E-state index in [4.69, 9.17) is 0 Å². The summed E-state index contributed by atoms with van der Waals surface area (Å²) in [6.45, 7) is 7.23. The first kappa shape index (κ1) is 13.8. The number of likely N-dealkylation sites (tertiary alicyclic amines) is 2. The van der Waals surface area contributed by atoms with Gasteiger partial charge >= 0.3 is 0 Å². The largest absolute Gasteiger partial charge is 0.355 e. The van der Waals surface area contributed by atoms with Crippen LogP contribution in [-0.4, -0.2) is 62.5 Å². The highest BCUT2D eigenvalue weighted by molar-refractivity contribution is 5.82. The zero-order valence-electron chi connectivity index (χ0n) is 12.0. The van der Waals surface area contributed by atoms with Crippen molar-refractivity contribution in [3.8, 4) is 0 Å². The van der Waals surface area contributed by atoms with Crippen LogP contribution in [0.25, 0.3) is 0 Å². The first-order valence-electron chi connectivity index (χ1n) is 7.15. The van der Waals surface area contributed by atoms with E-state index >= 15 is 0 Å². The van der Waals surface area contributed by atoms with Gasteiger partial charge in [0.15, 0.2) is 0 Å². The van der Waals surface area contributed by atoms with Crippen molar-refractivity contribution in [2.24, 2.45) is 11.3 Å². The van der Waals surface area contributed by atoms with Crippen molar-refractivity contribution in [1.29, 1.82) is 0 Å². The van der Waals surface area contributed by atoms with Crippen LogP contribution in [0.5, 0.6) is 0 Å². The molecule has 1 N–H and O–H groups in total. The van der Waals surface area contributed by atoms with Gasteiger partial charge in [-0.15, -0.1) is 0 Å². The van der Waals surface area contributed by atoms with E-state index in [1.807, 2.05) is 0 Å². The molecule has 2 saturated heterocycles. The lowest BCUT2D eigenvalue weighted by molar-refractivity contribution is -0.129. The quantitative estimate of drug-likeness (QED) is 0.807. The summed E-state index contributed by atoms with van der Waals surface area (Å²) in [4.78, 5) is 16.9. The van der Waals surface area contributed by atoms with Crippen LogP contribution in [0.1, 0.15) is 26.2 Å². The maximum atomic E-state index is 12.3. The Morgan fingerprint density at radius 2 is 1.89 bits per heavy atom. The fourth-order valence-electron chi connectivity index (χ4n) is 3.09. The van der Waals surface area contributed by atoms with Crippen LogP contribution in [0.3, 0.4) is 0 Å². The molecule has 2 aliphatic rings. The third-order valence-corrected chi connectivity index (χ3v) is 4.60. The molecule has 2 heterocycles. The van der Waals surface area contributed by atoms with Crippen molar-refractivity contribution in [2.75, 3.05) is 46.8 Å². The lowest BCUT2D eigenvalue weighted by Crippen LogP contribution is -2.44. The molecule has 18 heavy (non-hydrogen) atoms. The fraction of sp³-hybridized carbons (Fsp3) is 0.929. The van der Waals surface area contributed by atoms with E-state index in [1.165, 1.54) is 25.9 Å². The number of piperidine rings is 1. The number of hydrogen-bond donors (Lipinski definition) is 1. The fourth-order valence-corrected chi connectivity index (χ4v) is 3.09. The zero-order chi connectivity index (χ0) is 13.2. The first-order chi connectivity index (χ1) is 8.49. The summed E-state index contributed by atoms with van der Waals surface area (Å²) in [6.07, 6.45) is 3.42. The van der Waals surface area contributed by atoms with E-state index in [9.17, 15) is 4.79 Å². The van der Waals surface area contributed by atoms with Gasteiger partial charge in [0.25, 0.3) is 0 Å². The predicted molar refractivity (Wildman–Crippen MR) is 73.5 cm³/mol. The molecule has 0 aromatic rings. The van der Waals surface area contributed by atoms with Crippen LogP contribution in [0.15, 0.2) is 0 Å². The number of carbonyl (C=O) groups excluding carboxylic acids is 1. The smallest absolute Gasteiger partial charge is 0.227 e. The zero-order valence-corrected chi connectivity index (χ0v) is 12.0. The van der Waals surface area contributed by atoms with Gasteiger partial charge in [-0.1, -0.05) is 0 Å². The number of hydrogen-bond acceptors (Lipinski definition) is 3. The van der Waals surface area contributed by atoms with Crippen LogP contribution in [0.2, 0.25) is 0 Å². The molecule has 1 amide bonds. The van der Waals surface area contributed by atoms with Crippen LogP contribution in [-0.2, 0) is 4.79 Å². The van der Waals surface area contributed by atoms with Crippen molar-refractivity contribution in [3.63, 3.8) is 0 Å². The molecule has 104 valence electrons. The van der Waals surface area contributed by atoms with Crippen LogP contribution in [0.4, 0.5) is 0 Å². The van der Waals surface area contributed by atoms with Crippen LogP contribution >= 0.6 is 0 Å². The molecule has 2 aliphatic heterocycles. The molecule has 0 saturated carbocycles. The van der Waals surface area contributed by atoms with Gasteiger partial charge < -0.3 is 15.1 Å². The highest BCUT2D eigenvalue weighted by Crippen LogP contribution is 2.29. The standard InChI is InChI=1S/C14H27N3O/c1-14(6-9-17(3)11-14)13(18)15-10-12-4-7-16(2)8-5-12/h12H,4-11H2,1-3H3,(H,15,18). The molecule has 0 radical (unpaired) electrons. The molecule has 4 heteroatoms. The molecule has 0 aliphatic carbocycles. The van der Waals surface area contributed by atoms with E-state index in [-0.39, 0.29) is 11.3 Å². The van der Waals surface area contributed by atoms with Gasteiger partial charge in [-0.2, -0.15) is 0 Å². The van der Waals surface area contributed by atoms with Gasteiger partial charge in [0, 0.05) is 13.1 Å². The Kier molecular flexibility index (Phi) is 4.28. The van der Waals surface area contributed by atoms with Gasteiger partial charge in [0.05, 0.1) is 5.41 Å². The van der Waals surface area contributed by atoms with Gasteiger partial charge in [0.2, 0.25) is 5.91 Å². The topological polar surface area (TPSA) is 35.6 Å². The minimum absolute atomic E-state index is 0.166. The number of nitrogens with zero attached hydrogens (tertiary/aromatic N) is 2. The Morgan fingerprint density at radius 3 is 2.44 bits per heavy atom. The van der Waals surface area contributed by atoms with E-state index in [1.54, 1.807) is 0 Å². The summed E-state index contributed by atoms with van der Waals surface area (Å²) in [7, 11) is 4.26. The normalized spacial score (nSPS) is 31.7. The van der Waals surface area contributed by atoms with Gasteiger partial charge in [-0.25, -0.2) is 0 Å². The summed E-state index contributed by atoms with van der Waals surface area (Å²) in [6, 6.07) is 0. The number of amides is 1. The average molecular weight is 253 g/mol. The summed E-state index contributed by atoms with van der Waals surface area (Å²) in [5.74, 6) is 0.929. The summed E-state index contributed by atoms with van der Waals surface area (Å²) < 4.78 is 0. The molecule has 0 spiro atoms. The average Bonchev–Trinajstić information content (AvgIpc) is 2.69. The monoisotopic (exact) mass is 253 g/mol. The molecule has 0 bridgehead atoms. The number of rotatable bonds is 3. The van der Waals surface area contributed by atoms with Crippen molar-refractivity contribution < 1.29 is 4.79 Å². The predicted octanol–water partition coefficient (Wildman–Crippen LogP) is 0.786. The SMILES string of the molecule is CN1CCC(CNC(=O)C2(C)CCN(C)C2)CC1. The van der Waals surface area contributed by atoms with Crippen molar-refractivity contribution in [3.05, 3.63) is 0 Å². The first-order valence-corrected chi connectivity index (χ1v) is 7.15. The molecule has 2 rings (SSSR count). The van der Waals surface area contributed by atoms with E-state index in [2.05, 4.69) is 36.1 Å². The summed E-state index contributed by atoms with van der Waals surface area (Å²) in [5, 5.41) is 3.19. The Balaban J connectivity index is 1.75. The van der Waals surface area contributed by atoms with Gasteiger partial charge in [0.1, 0.15) is 0 Å². The second-order valence-corrected chi connectivity index (χ2v) is 6.51. The van der Waals surface area contributed by atoms with E-state index in [0.29, 0.717) is 5.92 Å². The highest BCUT2D eigenvalue weighted by Gasteiger charge is 2.38. The highest BCUT2D eigenvalue weighted by atomic mass is 16.2. The second-order valence-electron chi connectivity index (χ2n) is 6.51. The van der Waals surface area contributed by atoms with Gasteiger partial charge in [-0.3, -0.25) is 4.79 Å². The number of nitrogens with one attached hydrogen (secondary N) is 1. The Morgan fingerprint density at radius 1 is 1.22 bits per heavy atom. The lowest BCUT2D eigenvalue weighted by Gasteiger charge is -2.30. The number of carbonyl (C=O) groups is 1. The maximum Gasteiger partial charge on any atom is 0.227 e. The minimum Gasteiger partial charge on any atom is -0.355 e. The molecule has 2 fully saturated rings. The van der Waals surface area contributed by atoms with Crippen molar-refractivity contribution in [1.82, 2.24) is 15.1 Å². The van der Waals surface area contributed by atoms with Crippen LogP contribution < -0.4 is 5.32 Å². The molecular formula is C14H27N3O. The Bertz CT molecular complexity index is 299. The molecule has 4 nitrogen and oxygen atoms in total. The van der Waals surface area contributed by atoms with E-state index in [0.717, 1.165) is 26.1 Å². The molecule has 0 aromatic heterocycles. The summed E-state index contributed by atoms with van der Waals surface area (Å²) in [5.41, 5.74) is -0.166. The van der Waals surface area contributed by atoms with Crippen LogP contribution in [0, 0.1) is 11.3 Å². The molecule has 0 aromatic carbocycles. The Labute approximate surface area is 111 Å². The molecule has 1 atom stereocenters. The van der Waals surface area contributed by atoms with Crippen molar-refractivity contribution in [2.45, 2.75) is 26.2 Å². The Hall–Kier alpha value is -0.610. The molecular weight excluding hydrogens is 226 g/mol. The molecule has 1 unspecified atom stereocenters. The lowest BCUT2D eigenvalue weighted by atomic mass is 9.88. The van der Waals surface area contributed by atoms with Gasteiger partial charge in [-0.05, 0) is 65.8 Å². The minimum atomic E-state index is -0.166.